The summed E-state index contributed by atoms with van der Waals surface area (Å²) in [5.41, 5.74) is 7.55. The molecule has 2 unspecified atom stereocenters. The first-order chi connectivity index (χ1) is 10.3. The number of aryl methyl sites for hydroxylation is 1. The molecule has 0 amide bonds. The van der Waals surface area contributed by atoms with E-state index in [1.165, 1.54) is 21.7 Å². The molecular formula is C18H24N2S. The molecule has 0 spiro atoms. The van der Waals surface area contributed by atoms with Crippen molar-refractivity contribution in [1.82, 2.24) is 4.90 Å². The number of hydrogen-bond acceptors (Lipinski definition) is 3. The molecule has 1 aliphatic rings. The minimum atomic E-state index is 0.393. The van der Waals surface area contributed by atoms with Crippen LogP contribution in [0.1, 0.15) is 40.6 Å². The normalized spacial score (nSPS) is 20.8. The molecule has 2 N–H and O–H groups in total. The third-order valence-electron chi connectivity index (χ3n) is 4.51. The van der Waals surface area contributed by atoms with Crippen LogP contribution in [0.4, 0.5) is 0 Å². The number of nitrogens with zero attached hydrogens (tertiary/aromatic N) is 1. The number of benzene rings is 1. The second-order valence-electron chi connectivity index (χ2n) is 5.80. The third-order valence-corrected chi connectivity index (χ3v) is 5.84. The largest absolute Gasteiger partial charge is 0.329 e. The van der Waals surface area contributed by atoms with Crippen molar-refractivity contribution in [3.8, 4) is 0 Å². The fourth-order valence-electron chi connectivity index (χ4n) is 3.28. The highest BCUT2D eigenvalue weighted by atomic mass is 32.1. The summed E-state index contributed by atoms with van der Waals surface area (Å²) in [5.74, 6) is 0.658. The average molecular weight is 300 g/mol. The summed E-state index contributed by atoms with van der Waals surface area (Å²) >= 11 is 1.93. The molecule has 112 valence electrons. The monoisotopic (exact) mass is 300 g/mol. The quantitative estimate of drug-likeness (QED) is 0.910. The predicted molar refractivity (Wildman–Crippen MR) is 90.9 cm³/mol. The summed E-state index contributed by atoms with van der Waals surface area (Å²) in [7, 11) is 0. The Morgan fingerprint density at radius 2 is 2.05 bits per heavy atom. The lowest BCUT2D eigenvalue weighted by atomic mass is 9.99. The maximum Gasteiger partial charge on any atom is 0.0564 e. The van der Waals surface area contributed by atoms with E-state index >= 15 is 0 Å². The summed E-state index contributed by atoms with van der Waals surface area (Å²) in [6, 6.07) is 15.8. The van der Waals surface area contributed by atoms with Gasteiger partial charge in [-0.3, -0.25) is 4.90 Å². The van der Waals surface area contributed by atoms with Gasteiger partial charge >= 0.3 is 0 Å². The van der Waals surface area contributed by atoms with Gasteiger partial charge in [0.05, 0.1) is 6.04 Å². The van der Waals surface area contributed by atoms with Gasteiger partial charge in [-0.1, -0.05) is 37.3 Å². The number of hydrogen-bond donors (Lipinski definition) is 1. The lowest BCUT2D eigenvalue weighted by Gasteiger charge is -2.26. The standard InChI is InChI=1S/C18H24N2S/c1-2-16-8-9-18(21-16)17(12-19)20-11-10-15(13-20)14-6-4-3-5-7-14/h3-9,15,17H,2,10-13,19H2,1H3. The fraction of sp³-hybridized carbons (Fsp3) is 0.444. The Balaban J connectivity index is 1.71. The van der Waals surface area contributed by atoms with Gasteiger partial charge in [0.2, 0.25) is 0 Å². The van der Waals surface area contributed by atoms with Crippen molar-refractivity contribution in [2.75, 3.05) is 19.6 Å². The Bertz CT molecular complexity index is 564. The zero-order valence-electron chi connectivity index (χ0n) is 12.7. The van der Waals surface area contributed by atoms with Gasteiger partial charge in [-0.15, -0.1) is 11.3 Å². The van der Waals surface area contributed by atoms with Crippen LogP contribution in [0.3, 0.4) is 0 Å². The molecule has 2 aromatic rings. The van der Waals surface area contributed by atoms with Crippen molar-refractivity contribution in [2.45, 2.75) is 31.7 Å². The summed E-state index contributed by atoms with van der Waals surface area (Å²) in [6.07, 6.45) is 2.36. The Hall–Kier alpha value is -1.16. The number of nitrogens with two attached hydrogens (primary N) is 1. The third kappa shape index (κ3) is 3.20. The topological polar surface area (TPSA) is 29.3 Å². The van der Waals surface area contributed by atoms with Crippen LogP contribution >= 0.6 is 11.3 Å². The van der Waals surface area contributed by atoms with Gasteiger partial charge in [0, 0.05) is 22.8 Å². The van der Waals surface area contributed by atoms with Crippen LogP contribution in [0.5, 0.6) is 0 Å². The van der Waals surface area contributed by atoms with Gasteiger partial charge in [0.15, 0.2) is 0 Å². The Morgan fingerprint density at radius 1 is 1.24 bits per heavy atom. The molecule has 21 heavy (non-hydrogen) atoms. The highest BCUT2D eigenvalue weighted by molar-refractivity contribution is 7.12. The Labute approximate surface area is 131 Å². The van der Waals surface area contributed by atoms with Crippen molar-refractivity contribution in [2.24, 2.45) is 5.73 Å². The van der Waals surface area contributed by atoms with E-state index in [-0.39, 0.29) is 0 Å². The van der Waals surface area contributed by atoms with Crippen LogP contribution in [0.15, 0.2) is 42.5 Å². The van der Waals surface area contributed by atoms with Gasteiger partial charge in [0.25, 0.3) is 0 Å². The van der Waals surface area contributed by atoms with Crippen molar-refractivity contribution in [3.05, 3.63) is 57.8 Å². The molecule has 3 rings (SSSR count). The van der Waals surface area contributed by atoms with E-state index in [1.54, 1.807) is 0 Å². The Kier molecular flexibility index (Phi) is 4.73. The highest BCUT2D eigenvalue weighted by Gasteiger charge is 2.29. The summed E-state index contributed by atoms with van der Waals surface area (Å²) < 4.78 is 0. The zero-order chi connectivity index (χ0) is 14.7. The molecule has 1 aromatic heterocycles. The number of likely N-dealkylation sites (tertiary alicyclic amines) is 1. The molecule has 0 saturated carbocycles. The van der Waals surface area contributed by atoms with Crippen LogP contribution in [0, 0.1) is 0 Å². The fourth-order valence-corrected chi connectivity index (χ4v) is 4.38. The summed E-state index contributed by atoms with van der Waals surface area (Å²) in [6.45, 7) is 5.21. The first kappa shape index (κ1) is 14.8. The van der Waals surface area contributed by atoms with Crippen molar-refractivity contribution in [3.63, 3.8) is 0 Å². The minimum Gasteiger partial charge on any atom is -0.329 e. The zero-order valence-corrected chi connectivity index (χ0v) is 13.5. The molecule has 1 aliphatic heterocycles. The molecular weight excluding hydrogens is 276 g/mol. The lowest BCUT2D eigenvalue weighted by molar-refractivity contribution is 0.251. The second kappa shape index (κ2) is 6.73. The van der Waals surface area contributed by atoms with Crippen LogP contribution < -0.4 is 5.73 Å². The SMILES string of the molecule is CCc1ccc(C(CN)N2CCC(c3ccccc3)C2)s1. The molecule has 1 saturated heterocycles. The number of thiophene rings is 1. The smallest absolute Gasteiger partial charge is 0.0564 e. The first-order valence-corrected chi connectivity index (χ1v) is 8.71. The van der Waals surface area contributed by atoms with Gasteiger partial charge in [0.1, 0.15) is 0 Å². The van der Waals surface area contributed by atoms with E-state index in [2.05, 4.69) is 54.3 Å². The van der Waals surface area contributed by atoms with Crippen LogP contribution in [0.2, 0.25) is 0 Å². The lowest BCUT2D eigenvalue weighted by Crippen LogP contribution is -2.31. The molecule has 0 bridgehead atoms. The van der Waals surface area contributed by atoms with Crippen LogP contribution in [-0.2, 0) is 6.42 Å². The minimum absolute atomic E-state index is 0.393. The maximum absolute atomic E-state index is 6.08. The summed E-state index contributed by atoms with van der Waals surface area (Å²) in [4.78, 5) is 5.47. The van der Waals surface area contributed by atoms with E-state index in [9.17, 15) is 0 Å². The maximum atomic E-state index is 6.08. The van der Waals surface area contributed by atoms with E-state index in [0.717, 1.165) is 19.5 Å². The van der Waals surface area contributed by atoms with Gasteiger partial charge in [-0.05, 0) is 43.0 Å². The van der Waals surface area contributed by atoms with E-state index in [4.69, 9.17) is 5.73 Å². The van der Waals surface area contributed by atoms with Crippen molar-refractivity contribution < 1.29 is 0 Å². The molecule has 0 aliphatic carbocycles. The molecule has 1 fully saturated rings. The van der Waals surface area contributed by atoms with Crippen LogP contribution in [-0.4, -0.2) is 24.5 Å². The van der Waals surface area contributed by atoms with Gasteiger partial charge in [-0.2, -0.15) is 0 Å². The molecule has 2 nitrogen and oxygen atoms in total. The van der Waals surface area contributed by atoms with Gasteiger partial charge in [-0.25, -0.2) is 0 Å². The predicted octanol–water partition coefficient (Wildman–Crippen LogP) is 3.80. The molecule has 1 aromatic carbocycles. The van der Waals surface area contributed by atoms with E-state index in [0.29, 0.717) is 18.5 Å². The van der Waals surface area contributed by atoms with Crippen molar-refractivity contribution >= 4 is 11.3 Å². The molecule has 3 heteroatoms. The average Bonchev–Trinajstić information content (AvgIpc) is 3.19. The molecule has 0 radical (unpaired) electrons. The second-order valence-corrected chi connectivity index (χ2v) is 7.00. The highest BCUT2D eigenvalue weighted by Crippen LogP contribution is 2.35. The molecule has 2 atom stereocenters. The van der Waals surface area contributed by atoms with Crippen molar-refractivity contribution in [1.29, 1.82) is 0 Å². The van der Waals surface area contributed by atoms with Gasteiger partial charge < -0.3 is 5.73 Å². The summed E-state index contributed by atoms with van der Waals surface area (Å²) in [5, 5.41) is 0. The number of rotatable bonds is 5. The Morgan fingerprint density at radius 3 is 2.71 bits per heavy atom. The molecule has 2 heterocycles. The van der Waals surface area contributed by atoms with E-state index in [1.807, 2.05) is 11.3 Å². The first-order valence-electron chi connectivity index (χ1n) is 7.89. The van der Waals surface area contributed by atoms with E-state index < -0.39 is 0 Å². The van der Waals surface area contributed by atoms with Crippen LogP contribution in [0.25, 0.3) is 0 Å².